The van der Waals surface area contributed by atoms with E-state index in [0.717, 1.165) is 38.8 Å². The Morgan fingerprint density at radius 3 is 2.72 bits per heavy atom. The summed E-state index contributed by atoms with van der Waals surface area (Å²) in [5.41, 5.74) is 12.6. The molecule has 0 radical (unpaired) electrons. The standard InChI is InChI=1S/C27H25NO4/c28-15-17-2-1-3-21(10-17)24-12-18(11-22-8-9-31-27(22)24)16-32-25-7-6-20(19-4-5-19)13-23(25)14-26(29)30/h1-3,6-13,19H,4-5,14-16,28H2,(H,29,30). The number of carbonyl (C=O) groups is 1. The molecule has 0 unspecified atom stereocenters. The number of aliphatic carboxylic acids is 1. The van der Waals surface area contributed by atoms with Gasteiger partial charge in [-0.3, -0.25) is 4.79 Å². The molecule has 4 aromatic rings. The van der Waals surface area contributed by atoms with E-state index >= 15 is 0 Å². The molecular formula is C27H25NO4. The van der Waals surface area contributed by atoms with Crippen molar-refractivity contribution >= 4 is 16.9 Å². The second-order valence-corrected chi connectivity index (χ2v) is 8.39. The summed E-state index contributed by atoms with van der Waals surface area (Å²) in [7, 11) is 0. The molecule has 0 spiro atoms. The van der Waals surface area contributed by atoms with Crippen molar-refractivity contribution in [3.8, 4) is 16.9 Å². The molecule has 5 nitrogen and oxygen atoms in total. The van der Waals surface area contributed by atoms with Gasteiger partial charge in [0.25, 0.3) is 0 Å². The Hall–Kier alpha value is -3.57. The minimum Gasteiger partial charge on any atom is -0.489 e. The zero-order valence-corrected chi connectivity index (χ0v) is 17.7. The average Bonchev–Trinajstić information content (AvgIpc) is 3.54. The Morgan fingerprint density at radius 1 is 1.06 bits per heavy atom. The number of ether oxygens (including phenoxy) is 1. The summed E-state index contributed by atoms with van der Waals surface area (Å²) in [5.74, 6) is 0.326. The highest BCUT2D eigenvalue weighted by molar-refractivity contribution is 5.93. The van der Waals surface area contributed by atoms with Crippen molar-refractivity contribution in [1.29, 1.82) is 0 Å². The molecule has 0 amide bonds. The van der Waals surface area contributed by atoms with Crippen molar-refractivity contribution in [2.45, 2.75) is 38.3 Å². The molecule has 1 fully saturated rings. The zero-order chi connectivity index (χ0) is 22.1. The van der Waals surface area contributed by atoms with Gasteiger partial charge < -0.3 is 20.0 Å². The first-order chi connectivity index (χ1) is 15.6. The van der Waals surface area contributed by atoms with Crippen LogP contribution in [0.15, 0.2) is 71.3 Å². The number of carboxylic acid groups (broad SMARTS) is 1. The lowest BCUT2D eigenvalue weighted by molar-refractivity contribution is -0.136. The molecule has 0 saturated heterocycles. The highest BCUT2D eigenvalue weighted by Crippen LogP contribution is 2.41. The summed E-state index contributed by atoms with van der Waals surface area (Å²) < 4.78 is 11.9. The van der Waals surface area contributed by atoms with Crippen LogP contribution in [0.5, 0.6) is 5.75 Å². The van der Waals surface area contributed by atoms with Gasteiger partial charge in [-0.05, 0) is 71.3 Å². The third kappa shape index (κ3) is 4.25. The van der Waals surface area contributed by atoms with E-state index in [1.165, 1.54) is 18.4 Å². The van der Waals surface area contributed by atoms with Gasteiger partial charge in [-0.25, -0.2) is 0 Å². The number of fused-ring (bicyclic) bond motifs is 1. The van der Waals surface area contributed by atoms with Gasteiger partial charge in [0.15, 0.2) is 0 Å². The maximum atomic E-state index is 11.4. The van der Waals surface area contributed by atoms with Crippen LogP contribution in [0.1, 0.15) is 41.0 Å². The van der Waals surface area contributed by atoms with Gasteiger partial charge in [0.2, 0.25) is 0 Å². The Kier molecular flexibility index (Phi) is 5.41. The predicted octanol–water partition coefficient (Wildman–Crippen LogP) is 5.64. The fourth-order valence-electron chi connectivity index (χ4n) is 4.18. The second kappa shape index (κ2) is 8.52. The molecule has 162 valence electrons. The van der Waals surface area contributed by atoms with Gasteiger partial charge in [0.1, 0.15) is 17.9 Å². The smallest absolute Gasteiger partial charge is 0.307 e. The molecular weight excluding hydrogens is 402 g/mol. The first-order valence-electron chi connectivity index (χ1n) is 10.9. The van der Waals surface area contributed by atoms with E-state index in [9.17, 15) is 9.90 Å². The predicted molar refractivity (Wildman–Crippen MR) is 124 cm³/mol. The summed E-state index contributed by atoms with van der Waals surface area (Å²) in [5, 5.41) is 10.3. The van der Waals surface area contributed by atoms with Crippen molar-refractivity contribution < 1.29 is 19.1 Å². The molecule has 32 heavy (non-hydrogen) atoms. The number of carboxylic acids is 1. The fraction of sp³-hybridized carbons (Fsp3) is 0.222. The molecule has 5 heteroatoms. The van der Waals surface area contributed by atoms with E-state index in [1.807, 2.05) is 42.5 Å². The number of benzene rings is 3. The maximum absolute atomic E-state index is 11.4. The van der Waals surface area contributed by atoms with E-state index in [0.29, 0.717) is 24.8 Å². The number of hydrogen-bond donors (Lipinski definition) is 2. The second-order valence-electron chi connectivity index (χ2n) is 8.39. The summed E-state index contributed by atoms with van der Waals surface area (Å²) >= 11 is 0. The van der Waals surface area contributed by atoms with E-state index in [2.05, 4.69) is 18.2 Å². The van der Waals surface area contributed by atoms with Crippen molar-refractivity contribution in [1.82, 2.24) is 0 Å². The summed E-state index contributed by atoms with van der Waals surface area (Å²) in [4.78, 5) is 11.4. The molecule has 1 heterocycles. The zero-order valence-electron chi connectivity index (χ0n) is 17.7. The molecule has 0 bridgehead atoms. The van der Waals surface area contributed by atoms with Crippen molar-refractivity contribution in [2.24, 2.45) is 5.73 Å². The summed E-state index contributed by atoms with van der Waals surface area (Å²) in [6.07, 6.45) is 3.98. The van der Waals surface area contributed by atoms with Gasteiger partial charge >= 0.3 is 5.97 Å². The minimum absolute atomic E-state index is 0.0478. The molecule has 1 aromatic heterocycles. The third-order valence-corrected chi connectivity index (χ3v) is 5.95. The number of nitrogens with two attached hydrogens (primary N) is 1. The Labute approximate surface area is 186 Å². The lowest BCUT2D eigenvalue weighted by Gasteiger charge is -2.14. The molecule has 0 atom stereocenters. The molecule has 0 aliphatic heterocycles. The molecule has 1 aliphatic rings. The lowest BCUT2D eigenvalue weighted by Crippen LogP contribution is -2.05. The molecule has 3 N–H and O–H groups in total. The van der Waals surface area contributed by atoms with Crippen LogP contribution >= 0.6 is 0 Å². The SMILES string of the molecule is NCc1cccc(-c2cc(COc3ccc(C4CC4)cc3CC(=O)O)cc3ccoc23)c1. The normalized spacial score (nSPS) is 13.4. The number of rotatable bonds is 8. The first-order valence-corrected chi connectivity index (χ1v) is 10.9. The van der Waals surface area contributed by atoms with E-state index in [1.54, 1.807) is 6.26 Å². The summed E-state index contributed by atoms with van der Waals surface area (Å²) in [6, 6.07) is 20.1. The molecule has 1 saturated carbocycles. The molecule has 1 aliphatic carbocycles. The van der Waals surface area contributed by atoms with Crippen molar-refractivity contribution in [2.75, 3.05) is 0 Å². The highest BCUT2D eigenvalue weighted by Gasteiger charge is 2.24. The third-order valence-electron chi connectivity index (χ3n) is 5.95. The fourth-order valence-corrected chi connectivity index (χ4v) is 4.18. The highest BCUT2D eigenvalue weighted by atomic mass is 16.5. The van der Waals surface area contributed by atoms with E-state index < -0.39 is 5.97 Å². The summed E-state index contributed by atoms with van der Waals surface area (Å²) in [6.45, 7) is 0.807. The molecule has 3 aromatic carbocycles. The Balaban J connectivity index is 1.45. The van der Waals surface area contributed by atoms with Gasteiger partial charge in [0.05, 0.1) is 12.7 Å². The van der Waals surface area contributed by atoms with Crippen LogP contribution in [0.2, 0.25) is 0 Å². The topological polar surface area (TPSA) is 85.7 Å². The van der Waals surface area contributed by atoms with Crippen LogP contribution in [-0.2, 0) is 24.4 Å². The average molecular weight is 428 g/mol. The van der Waals surface area contributed by atoms with Gasteiger partial charge in [-0.2, -0.15) is 0 Å². The van der Waals surface area contributed by atoms with Crippen LogP contribution in [0, 0.1) is 0 Å². The van der Waals surface area contributed by atoms with Crippen molar-refractivity contribution in [3.05, 3.63) is 89.2 Å². The monoisotopic (exact) mass is 427 g/mol. The van der Waals surface area contributed by atoms with Gasteiger partial charge in [0, 0.05) is 23.1 Å². The Bertz CT molecular complexity index is 1290. The lowest BCUT2D eigenvalue weighted by atomic mass is 9.99. The van der Waals surface area contributed by atoms with Gasteiger partial charge in [-0.1, -0.05) is 30.3 Å². The molecule has 5 rings (SSSR count). The maximum Gasteiger partial charge on any atom is 0.307 e. The van der Waals surface area contributed by atoms with Crippen LogP contribution in [0.25, 0.3) is 22.1 Å². The first kappa shape index (κ1) is 20.3. The number of hydrogen-bond acceptors (Lipinski definition) is 4. The Morgan fingerprint density at radius 2 is 1.94 bits per heavy atom. The largest absolute Gasteiger partial charge is 0.489 e. The minimum atomic E-state index is -0.857. The van der Waals surface area contributed by atoms with Gasteiger partial charge in [-0.15, -0.1) is 0 Å². The van der Waals surface area contributed by atoms with E-state index in [-0.39, 0.29) is 6.42 Å². The van der Waals surface area contributed by atoms with Crippen molar-refractivity contribution in [3.63, 3.8) is 0 Å². The van der Waals surface area contributed by atoms with Crippen LogP contribution in [0.3, 0.4) is 0 Å². The van der Waals surface area contributed by atoms with Crippen LogP contribution < -0.4 is 10.5 Å². The number of furan rings is 1. The quantitative estimate of drug-likeness (QED) is 0.380. The van der Waals surface area contributed by atoms with Crippen LogP contribution in [-0.4, -0.2) is 11.1 Å². The van der Waals surface area contributed by atoms with Crippen LogP contribution in [0.4, 0.5) is 0 Å². The van der Waals surface area contributed by atoms with E-state index in [4.69, 9.17) is 14.9 Å².